The van der Waals surface area contributed by atoms with Gasteiger partial charge in [0.05, 0.1) is 45.8 Å². The predicted octanol–water partition coefficient (Wildman–Crippen LogP) is 3.76. The summed E-state index contributed by atoms with van der Waals surface area (Å²) in [5.41, 5.74) is 1.71. The van der Waals surface area contributed by atoms with Gasteiger partial charge >= 0.3 is 0 Å². The minimum absolute atomic E-state index is 0.0980. The molecule has 2 bridgehead atoms. The number of hydrogen-bond donors (Lipinski definition) is 1. The zero-order valence-electron chi connectivity index (χ0n) is 20.5. The van der Waals surface area contributed by atoms with Crippen molar-refractivity contribution >= 4 is 23.2 Å². The number of carbonyl (C=O) groups excluding carboxylic acids is 2. The molecule has 0 radical (unpaired) electrons. The van der Waals surface area contributed by atoms with Crippen molar-refractivity contribution in [3.63, 3.8) is 0 Å². The topological polar surface area (TPSA) is 86.3 Å². The first-order valence-electron chi connectivity index (χ1n) is 11.7. The van der Waals surface area contributed by atoms with Crippen molar-refractivity contribution in [2.75, 3.05) is 38.1 Å². The number of carbonyl (C=O) groups is 2. The summed E-state index contributed by atoms with van der Waals surface area (Å²) in [6.45, 7) is 4.65. The summed E-state index contributed by atoms with van der Waals surface area (Å²) in [4.78, 5) is 28.9. The van der Waals surface area contributed by atoms with Crippen LogP contribution < -0.4 is 24.4 Å². The SMILES string of the molecule is COc1cc(NC(=O)[C@@H]2[C@H]3C(=O)N(c4ccc(C(C)C)cc4)C[C@@]34C=C[C@H]2O4)cc(OC)c1OC. The van der Waals surface area contributed by atoms with Crippen molar-refractivity contribution in [3.8, 4) is 17.2 Å². The number of anilines is 2. The molecule has 35 heavy (non-hydrogen) atoms. The van der Waals surface area contributed by atoms with Crippen molar-refractivity contribution in [1.82, 2.24) is 0 Å². The van der Waals surface area contributed by atoms with Crippen LogP contribution in [0.15, 0.2) is 48.6 Å². The van der Waals surface area contributed by atoms with Crippen LogP contribution in [0, 0.1) is 11.8 Å². The molecule has 3 aliphatic rings. The molecule has 3 heterocycles. The van der Waals surface area contributed by atoms with Crippen LogP contribution >= 0.6 is 0 Å². The maximum Gasteiger partial charge on any atom is 0.234 e. The van der Waals surface area contributed by atoms with E-state index in [4.69, 9.17) is 18.9 Å². The second-order valence-corrected chi connectivity index (χ2v) is 9.47. The lowest BCUT2D eigenvalue weighted by molar-refractivity contribution is -0.128. The third kappa shape index (κ3) is 3.63. The maximum atomic E-state index is 13.6. The molecular weight excluding hydrogens is 448 g/mol. The van der Waals surface area contributed by atoms with E-state index in [1.165, 1.54) is 26.9 Å². The highest BCUT2D eigenvalue weighted by atomic mass is 16.5. The molecule has 0 aromatic heterocycles. The Morgan fingerprint density at radius 2 is 1.74 bits per heavy atom. The molecule has 8 nitrogen and oxygen atoms in total. The number of rotatable bonds is 7. The van der Waals surface area contributed by atoms with E-state index in [2.05, 4.69) is 19.2 Å². The molecule has 2 saturated heterocycles. The molecule has 2 aromatic rings. The van der Waals surface area contributed by atoms with Crippen LogP contribution in [0.1, 0.15) is 25.3 Å². The van der Waals surface area contributed by atoms with E-state index in [0.29, 0.717) is 35.4 Å². The largest absolute Gasteiger partial charge is 0.493 e. The lowest BCUT2D eigenvalue weighted by Gasteiger charge is -2.24. The zero-order valence-corrected chi connectivity index (χ0v) is 20.5. The second kappa shape index (κ2) is 8.61. The first kappa shape index (κ1) is 23.2. The van der Waals surface area contributed by atoms with Crippen molar-refractivity contribution in [2.45, 2.75) is 31.5 Å². The van der Waals surface area contributed by atoms with Crippen LogP contribution in [0.2, 0.25) is 0 Å². The summed E-state index contributed by atoms with van der Waals surface area (Å²) >= 11 is 0. The van der Waals surface area contributed by atoms with E-state index in [0.717, 1.165) is 5.69 Å². The molecule has 2 aromatic carbocycles. The molecule has 0 aliphatic carbocycles. The van der Waals surface area contributed by atoms with E-state index in [9.17, 15) is 9.59 Å². The number of benzene rings is 2. The van der Waals surface area contributed by atoms with E-state index in [-0.39, 0.29) is 11.8 Å². The number of ether oxygens (including phenoxy) is 4. The third-order valence-electron chi connectivity index (χ3n) is 7.21. The Hall–Kier alpha value is -3.52. The summed E-state index contributed by atoms with van der Waals surface area (Å²) < 4.78 is 22.4. The molecule has 184 valence electrons. The normalized spacial score (nSPS) is 26.3. The van der Waals surface area contributed by atoms with Gasteiger partial charge < -0.3 is 29.2 Å². The molecule has 4 atom stereocenters. The molecule has 3 aliphatic heterocycles. The average molecular weight is 479 g/mol. The fraction of sp³-hybridized carbons (Fsp3) is 0.407. The van der Waals surface area contributed by atoms with Gasteiger partial charge in [0.2, 0.25) is 17.6 Å². The number of amides is 2. The minimum Gasteiger partial charge on any atom is -0.493 e. The second-order valence-electron chi connectivity index (χ2n) is 9.47. The van der Waals surface area contributed by atoms with Crippen molar-refractivity contribution in [3.05, 3.63) is 54.1 Å². The van der Waals surface area contributed by atoms with Gasteiger partial charge in [-0.2, -0.15) is 0 Å². The van der Waals surface area contributed by atoms with Crippen LogP contribution in [0.4, 0.5) is 11.4 Å². The molecule has 1 N–H and O–H groups in total. The Bertz CT molecular complexity index is 1170. The quantitative estimate of drug-likeness (QED) is 0.610. The fourth-order valence-corrected chi connectivity index (χ4v) is 5.43. The lowest BCUT2D eigenvalue weighted by Crippen LogP contribution is -2.41. The monoisotopic (exact) mass is 478 g/mol. The Kier molecular flexibility index (Phi) is 5.71. The van der Waals surface area contributed by atoms with Gasteiger partial charge in [0, 0.05) is 23.5 Å². The highest BCUT2D eigenvalue weighted by molar-refractivity contribution is 6.05. The number of hydrogen-bond acceptors (Lipinski definition) is 6. The van der Waals surface area contributed by atoms with Crippen LogP contribution in [0.3, 0.4) is 0 Å². The van der Waals surface area contributed by atoms with E-state index < -0.39 is 23.5 Å². The predicted molar refractivity (Wildman–Crippen MR) is 131 cm³/mol. The average Bonchev–Trinajstić information content (AvgIpc) is 3.51. The van der Waals surface area contributed by atoms with E-state index in [1.807, 2.05) is 36.4 Å². The van der Waals surface area contributed by atoms with Gasteiger partial charge in [-0.1, -0.05) is 38.1 Å². The van der Waals surface area contributed by atoms with Gasteiger partial charge in [-0.25, -0.2) is 0 Å². The Morgan fingerprint density at radius 1 is 1.09 bits per heavy atom. The highest BCUT2D eigenvalue weighted by Gasteiger charge is 2.67. The van der Waals surface area contributed by atoms with Gasteiger partial charge in [-0.3, -0.25) is 9.59 Å². The van der Waals surface area contributed by atoms with Gasteiger partial charge in [-0.05, 0) is 23.6 Å². The molecule has 0 saturated carbocycles. The van der Waals surface area contributed by atoms with Crippen LogP contribution in [0.5, 0.6) is 17.2 Å². The molecule has 2 amide bonds. The van der Waals surface area contributed by atoms with Gasteiger partial charge in [0.25, 0.3) is 0 Å². The number of methoxy groups -OCH3 is 3. The highest BCUT2D eigenvalue weighted by Crippen LogP contribution is 2.53. The van der Waals surface area contributed by atoms with Gasteiger partial charge in [0.15, 0.2) is 11.5 Å². The van der Waals surface area contributed by atoms with Crippen molar-refractivity contribution in [2.24, 2.45) is 11.8 Å². The Balaban J connectivity index is 1.41. The van der Waals surface area contributed by atoms with Gasteiger partial charge in [-0.15, -0.1) is 0 Å². The zero-order chi connectivity index (χ0) is 24.9. The Morgan fingerprint density at radius 3 is 2.31 bits per heavy atom. The van der Waals surface area contributed by atoms with Crippen molar-refractivity contribution in [1.29, 1.82) is 0 Å². The van der Waals surface area contributed by atoms with Crippen LogP contribution in [-0.2, 0) is 14.3 Å². The van der Waals surface area contributed by atoms with Crippen LogP contribution in [-0.4, -0.2) is 51.4 Å². The smallest absolute Gasteiger partial charge is 0.234 e. The van der Waals surface area contributed by atoms with E-state index in [1.54, 1.807) is 17.0 Å². The molecular formula is C27H30N2O6. The molecule has 5 rings (SSSR count). The first-order chi connectivity index (χ1) is 16.8. The summed E-state index contributed by atoms with van der Waals surface area (Å²) in [6.07, 6.45) is 3.40. The lowest BCUT2D eigenvalue weighted by atomic mass is 9.76. The molecule has 2 fully saturated rings. The van der Waals surface area contributed by atoms with Crippen LogP contribution in [0.25, 0.3) is 0 Å². The molecule has 1 spiro atoms. The minimum atomic E-state index is -0.796. The Labute approximate surface area is 204 Å². The number of nitrogens with one attached hydrogen (secondary N) is 1. The fourth-order valence-electron chi connectivity index (χ4n) is 5.43. The number of fused-ring (bicyclic) bond motifs is 1. The third-order valence-corrected chi connectivity index (χ3v) is 7.21. The summed E-state index contributed by atoms with van der Waals surface area (Å²) in [5.74, 6) is 0.0666. The summed E-state index contributed by atoms with van der Waals surface area (Å²) in [6, 6.07) is 11.3. The van der Waals surface area contributed by atoms with Gasteiger partial charge in [0.1, 0.15) is 5.60 Å². The summed E-state index contributed by atoms with van der Waals surface area (Å²) in [7, 11) is 4.55. The standard InChI is InChI=1S/C27H30N2O6/c1-15(2)16-6-8-18(9-7-16)29-14-27-11-10-19(35-27)22(23(27)26(29)31)25(30)28-17-12-20(32-3)24(34-5)21(13-17)33-4/h6-13,15,19,22-23H,14H2,1-5H3,(H,28,30)/t19-,22+,23+,27+/m1/s1. The first-order valence-corrected chi connectivity index (χ1v) is 11.7. The molecule has 0 unspecified atom stereocenters. The maximum absolute atomic E-state index is 13.6. The summed E-state index contributed by atoms with van der Waals surface area (Å²) in [5, 5.41) is 2.93. The molecule has 8 heteroatoms. The van der Waals surface area contributed by atoms with E-state index >= 15 is 0 Å². The van der Waals surface area contributed by atoms with Crippen molar-refractivity contribution < 1.29 is 28.5 Å². The number of nitrogens with zero attached hydrogens (tertiary/aromatic N) is 1.